The molecule has 202 valence electrons. The monoisotopic (exact) mass is 547 g/mol. The van der Waals surface area contributed by atoms with E-state index >= 15 is 0 Å². The number of methoxy groups -OCH3 is 1. The van der Waals surface area contributed by atoms with E-state index in [1.54, 1.807) is 20.8 Å². The van der Waals surface area contributed by atoms with E-state index in [1.807, 2.05) is 0 Å². The molecule has 0 N–H and O–H groups in total. The maximum Gasteiger partial charge on any atom is 0.419 e. The number of hydrogen-bond acceptors (Lipinski definition) is 7. The number of benzene rings is 2. The average molecular weight is 548 g/mol. The van der Waals surface area contributed by atoms with Gasteiger partial charge in [0.1, 0.15) is 23.3 Å². The van der Waals surface area contributed by atoms with E-state index in [-0.39, 0.29) is 30.3 Å². The molecule has 0 radical (unpaired) electrons. The molecule has 1 aliphatic rings. The third kappa shape index (κ3) is 6.70. The van der Waals surface area contributed by atoms with Gasteiger partial charge in [0.25, 0.3) is 10.0 Å². The second-order valence-corrected chi connectivity index (χ2v) is 11.1. The smallest absolute Gasteiger partial charge is 0.419 e. The predicted molar refractivity (Wildman–Crippen MR) is 123 cm³/mol. The van der Waals surface area contributed by atoms with Crippen LogP contribution in [0.5, 0.6) is 5.75 Å². The van der Waals surface area contributed by atoms with E-state index in [1.165, 1.54) is 18.2 Å². The predicted octanol–water partition coefficient (Wildman–Crippen LogP) is 4.25. The summed E-state index contributed by atoms with van der Waals surface area (Å²) in [5.41, 5.74) is -2.23. The Morgan fingerprint density at radius 2 is 1.76 bits per heavy atom. The lowest BCUT2D eigenvalue weighted by Gasteiger charge is -2.35. The van der Waals surface area contributed by atoms with E-state index in [4.69, 9.17) is 9.47 Å². The van der Waals surface area contributed by atoms with Crippen molar-refractivity contribution in [3.8, 4) is 5.75 Å². The number of carbonyl (C=O) groups excluding carboxylic acids is 2. The van der Waals surface area contributed by atoms with Gasteiger partial charge < -0.3 is 14.2 Å². The van der Waals surface area contributed by atoms with Crippen LogP contribution in [0, 0.1) is 5.82 Å². The number of fused-ring (bicyclic) bond motifs is 1. The van der Waals surface area contributed by atoms with E-state index in [0.29, 0.717) is 11.6 Å². The van der Waals surface area contributed by atoms with Gasteiger partial charge in [-0.05, 0) is 56.7 Å². The zero-order valence-electron chi connectivity index (χ0n) is 20.4. The summed E-state index contributed by atoms with van der Waals surface area (Å²) in [6, 6.07) is 5.55. The number of rotatable bonds is 6. The summed E-state index contributed by atoms with van der Waals surface area (Å²) in [4.78, 5) is 23.3. The molecule has 8 nitrogen and oxygen atoms in total. The molecule has 1 atom stereocenters. The molecule has 2 aromatic carbocycles. The summed E-state index contributed by atoms with van der Waals surface area (Å²) < 4.78 is 97.1. The van der Waals surface area contributed by atoms with Crippen LogP contribution in [0.4, 0.5) is 23.2 Å². The zero-order valence-corrected chi connectivity index (χ0v) is 21.2. The van der Waals surface area contributed by atoms with Gasteiger partial charge in [-0.3, -0.25) is 13.9 Å². The third-order valence-electron chi connectivity index (χ3n) is 5.18. The van der Waals surface area contributed by atoms with Gasteiger partial charge >= 0.3 is 18.1 Å². The van der Waals surface area contributed by atoms with Gasteiger partial charge in [-0.15, -0.1) is 0 Å². The summed E-state index contributed by atoms with van der Waals surface area (Å²) in [6.07, 6.45) is -6.74. The number of sulfonamides is 1. The molecule has 0 aliphatic carbocycles. The molecular weight excluding hydrogens is 522 g/mol. The molecule has 0 aromatic heterocycles. The van der Waals surface area contributed by atoms with Crippen LogP contribution in [0.3, 0.4) is 0 Å². The maximum absolute atomic E-state index is 13.8. The van der Waals surface area contributed by atoms with Crippen LogP contribution in [0.1, 0.15) is 38.3 Å². The average Bonchev–Trinajstić information content (AvgIpc) is 2.76. The van der Waals surface area contributed by atoms with Crippen LogP contribution in [-0.2, 0) is 41.7 Å². The van der Waals surface area contributed by atoms with Crippen LogP contribution >= 0.6 is 0 Å². The largest absolute Gasteiger partial charge is 0.486 e. The minimum Gasteiger partial charge on any atom is -0.486 e. The van der Waals surface area contributed by atoms with Crippen molar-refractivity contribution in [2.45, 2.75) is 56.4 Å². The van der Waals surface area contributed by atoms with E-state index in [9.17, 15) is 35.6 Å². The highest BCUT2D eigenvalue weighted by Gasteiger charge is 2.39. The van der Waals surface area contributed by atoms with Crippen LogP contribution < -0.4 is 9.04 Å². The van der Waals surface area contributed by atoms with Crippen molar-refractivity contribution in [1.82, 2.24) is 0 Å². The molecule has 0 fully saturated rings. The second kappa shape index (κ2) is 10.2. The van der Waals surface area contributed by atoms with Crippen LogP contribution in [0.15, 0.2) is 41.3 Å². The normalized spacial score (nSPS) is 16.0. The minimum absolute atomic E-state index is 0.00910. The Hall–Kier alpha value is -3.35. The molecule has 0 saturated heterocycles. The lowest BCUT2D eigenvalue weighted by molar-refractivity contribution is -0.154. The van der Waals surface area contributed by atoms with Crippen molar-refractivity contribution < 1.29 is 49.8 Å². The second-order valence-electron chi connectivity index (χ2n) is 9.26. The number of hydrogen-bond donors (Lipinski definition) is 0. The molecule has 0 unspecified atom stereocenters. The number of alkyl halides is 3. The van der Waals surface area contributed by atoms with Crippen molar-refractivity contribution in [2.24, 2.45) is 0 Å². The molecule has 1 aliphatic heterocycles. The van der Waals surface area contributed by atoms with Gasteiger partial charge in [-0.1, -0.05) is 6.07 Å². The summed E-state index contributed by atoms with van der Waals surface area (Å²) in [7, 11) is -3.57. The van der Waals surface area contributed by atoms with E-state index in [0.717, 1.165) is 17.5 Å². The van der Waals surface area contributed by atoms with Gasteiger partial charge in [-0.25, -0.2) is 12.8 Å². The van der Waals surface area contributed by atoms with Gasteiger partial charge in [0.15, 0.2) is 0 Å². The van der Waals surface area contributed by atoms with E-state index in [2.05, 4.69) is 4.74 Å². The van der Waals surface area contributed by atoms with Crippen molar-refractivity contribution in [3.63, 3.8) is 0 Å². The van der Waals surface area contributed by atoms with Gasteiger partial charge in [-0.2, -0.15) is 13.2 Å². The fourth-order valence-electron chi connectivity index (χ4n) is 3.62. The Morgan fingerprint density at radius 3 is 2.35 bits per heavy atom. The highest BCUT2D eigenvalue weighted by Crippen LogP contribution is 2.40. The molecule has 0 amide bonds. The van der Waals surface area contributed by atoms with Crippen molar-refractivity contribution in [1.29, 1.82) is 0 Å². The molecule has 0 bridgehead atoms. The lowest BCUT2D eigenvalue weighted by atomic mass is 10.1. The number of carbonyl (C=O) groups is 2. The first-order chi connectivity index (χ1) is 17.0. The van der Waals surface area contributed by atoms with Crippen molar-refractivity contribution in [3.05, 3.63) is 53.3 Å². The summed E-state index contributed by atoms with van der Waals surface area (Å²) in [5, 5.41) is 0. The fraction of sp³-hybridized carbons (Fsp3) is 0.417. The van der Waals surface area contributed by atoms with Crippen molar-refractivity contribution in [2.75, 3.05) is 18.0 Å². The third-order valence-corrected chi connectivity index (χ3v) is 6.95. The maximum atomic E-state index is 13.8. The summed E-state index contributed by atoms with van der Waals surface area (Å²) >= 11 is 0. The Kier molecular flexibility index (Phi) is 7.77. The topological polar surface area (TPSA) is 99.2 Å². The molecule has 1 heterocycles. The van der Waals surface area contributed by atoms with Crippen LogP contribution in [0.25, 0.3) is 0 Å². The van der Waals surface area contributed by atoms with Crippen LogP contribution in [0.2, 0.25) is 0 Å². The Morgan fingerprint density at radius 1 is 1.08 bits per heavy atom. The highest BCUT2D eigenvalue weighted by molar-refractivity contribution is 7.92. The van der Waals surface area contributed by atoms with Gasteiger partial charge in [0, 0.05) is 0 Å². The molecule has 37 heavy (non-hydrogen) atoms. The van der Waals surface area contributed by atoms with Gasteiger partial charge in [0.05, 0.1) is 42.6 Å². The Labute approximate surface area is 211 Å². The van der Waals surface area contributed by atoms with E-state index < -0.39 is 62.7 Å². The SMILES string of the molecule is COC(=O)C[C@H]1CN(S(=O)(=O)c2ccc(F)c(C(F)(F)F)c2)c2cc(CC(=O)OC(C)(C)C)ccc2O1. The molecule has 2 aromatic rings. The fourth-order valence-corrected chi connectivity index (χ4v) is 5.15. The first kappa shape index (κ1) is 28.2. The van der Waals surface area contributed by atoms with Crippen LogP contribution in [-0.4, -0.2) is 45.7 Å². The summed E-state index contributed by atoms with van der Waals surface area (Å²) in [6.45, 7) is 4.58. The number of esters is 2. The van der Waals surface area contributed by atoms with Gasteiger partial charge in [0.2, 0.25) is 0 Å². The molecular formula is C24H25F4NO7S. The zero-order chi connectivity index (χ0) is 27.8. The minimum atomic E-state index is -5.13. The molecule has 0 spiro atoms. The molecule has 13 heteroatoms. The lowest BCUT2D eigenvalue weighted by Crippen LogP contribution is -2.44. The number of nitrogens with zero attached hydrogens (tertiary/aromatic N) is 1. The quantitative estimate of drug-likeness (QED) is 0.394. The Bertz CT molecular complexity index is 1300. The number of anilines is 1. The highest BCUT2D eigenvalue weighted by atomic mass is 32.2. The number of halogens is 4. The Balaban J connectivity index is 2.07. The standard InChI is InChI=1S/C24H25F4NO7S/c1-23(2,3)36-22(31)10-14-5-8-20-19(9-14)29(13-15(35-20)11-21(30)34-4)37(32,33)16-6-7-18(25)17(12-16)24(26,27)28/h5-9,12,15H,10-11,13H2,1-4H3/t15-/m0/s1. The molecule has 0 saturated carbocycles. The number of ether oxygens (including phenoxy) is 3. The first-order valence-electron chi connectivity index (χ1n) is 11.0. The summed E-state index contributed by atoms with van der Waals surface area (Å²) in [5.74, 6) is -2.91. The van der Waals surface area contributed by atoms with Crippen molar-refractivity contribution >= 4 is 27.6 Å². The first-order valence-corrected chi connectivity index (χ1v) is 12.4. The molecule has 3 rings (SSSR count).